The number of aromatic nitrogens is 2. The molecular weight excluding hydrogens is 304 g/mol. The minimum absolute atomic E-state index is 0.00822. The van der Waals surface area contributed by atoms with E-state index >= 15 is 0 Å². The molecule has 2 aromatic rings. The number of carbonyl (C=O) groups excluding carboxylic acids is 2. The Morgan fingerprint density at radius 3 is 2.58 bits per heavy atom. The van der Waals surface area contributed by atoms with Gasteiger partial charge in [0.15, 0.2) is 0 Å². The number of amides is 2. The molecular formula is C18H22N4O2. The highest BCUT2D eigenvalue weighted by molar-refractivity contribution is 6.01. The lowest BCUT2D eigenvalue weighted by Gasteiger charge is -2.49. The first-order valence-corrected chi connectivity index (χ1v) is 8.17. The van der Waals surface area contributed by atoms with Crippen LogP contribution < -0.4 is 5.32 Å². The topological polar surface area (TPSA) is 67.2 Å². The van der Waals surface area contributed by atoms with Gasteiger partial charge in [-0.3, -0.25) is 14.3 Å². The van der Waals surface area contributed by atoms with E-state index in [-0.39, 0.29) is 11.8 Å². The molecule has 1 unspecified atom stereocenters. The molecule has 0 aliphatic carbocycles. The predicted molar refractivity (Wildman–Crippen MR) is 92.3 cm³/mol. The average molecular weight is 326 g/mol. The second-order valence-corrected chi connectivity index (χ2v) is 6.28. The summed E-state index contributed by atoms with van der Waals surface area (Å²) in [7, 11) is 1.79. The van der Waals surface area contributed by atoms with Crippen molar-refractivity contribution in [2.24, 2.45) is 7.05 Å². The first-order chi connectivity index (χ1) is 11.5. The van der Waals surface area contributed by atoms with Crippen LogP contribution in [0.3, 0.4) is 0 Å². The van der Waals surface area contributed by atoms with Gasteiger partial charge >= 0.3 is 0 Å². The van der Waals surface area contributed by atoms with Gasteiger partial charge in [-0.25, -0.2) is 0 Å². The van der Waals surface area contributed by atoms with Crippen molar-refractivity contribution < 1.29 is 9.59 Å². The highest BCUT2D eigenvalue weighted by Crippen LogP contribution is 2.32. The standard InChI is InChI=1S/C18H22N4O2/c1-4-16(23)22-11-10-18(22,2)17(24)19-15-12-14(20-21(15)3)13-8-6-5-7-9-13/h5-9,12H,4,10-11H2,1-3H3,(H,19,24). The number of rotatable bonds is 4. The number of anilines is 1. The first kappa shape index (κ1) is 16.2. The van der Waals surface area contributed by atoms with Crippen molar-refractivity contribution in [3.8, 4) is 11.3 Å². The molecule has 3 rings (SSSR count). The number of hydrogen-bond donors (Lipinski definition) is 1. The predicted octanol–water partition coefficient (Wildman–Crippen LogP) is 2.43. The van der Waals surface area contributed by atoms with Gasteiger partial charge in [0.2, 0.25) is 5.91 Å². The number of benzene rings is 1. The van der Waals surface area contributed by atoms with E-state index in [0.717, 1.165) is 11.3 Å². The van der Waals surface area contributed by atoms with E-state index in [1.165, 1.54) is 0 Å². The van der Waals surface area contributed by atoms with Crippen LogP contribution in [0.4, 0.5) is 5.82 Å². The molecule has 126 valence electrons. The Hall–Kier alpha value is -2.63. The highest BCUT2D eigenvalue weighted by atomic mass is 16.2. The second kappa shape index (κ2) is 6.11. The van der Waals surface area contributed by atoms with Gasteiger partial charge in [0, 0.05) is 31.6 Å². The Balaban J connectivity index is 1.78. The Bertz CT molecular complexity index is 769. The van der Waals surface area contributed by atoms with Crippen LogP contribution in [0.2, 0.25) is 0 Å². The Morgan fingerprint density at radius 1 is 1.29 bits per heavy atom. The lowest BCUT2D eigenvalue weighted by atomic mass is 9.85. The van der Waals surface area contributed by atoms with Crippen LogP contribution in [0, 0.1) is 0 Å². The van der Waals surface area contributed by atoms with Crippen molar-refractivity contribution in [1.82, 2.24) is 14.7 Å². The fourth-order valence-corrected chi connectivity index (χ4v) is 2.97. The van der Waals surface area contributed by atoms with E-state index in [2.05, 4.69) is 10.4 Å². The fraction of sp³-hybridized carbons (Fsp3) is 0.389. The lowest BCUT2D eigenvalue weighted by Crippen LogP contribution is -2.66. The number of nitrogens with zero attached hydrogens (tertiary/aromatic N) is 3. The molecule has 1 aromatic heterocycles. The maximum atomic E-state index is 12.7. The molecule has 1 atom stereocenters. The third-order valence-corrected chi connectivity index (χ3v) is 4.70. The smallest absolute Gasteiger partial charge is 0.251 e. The quantitative estimate of drug-likeness (QED) is 0.938. The summed E-state index contributed by atoms with van der Waals surface area (Å²) in [5.74, 6) is 0.461. The van der Waals surface area contributed by atoms with E-state index in [4.69, 9.17) is 0 Å². The van der Waals surface area contributed by atoms with Crippen LogP contribution in [0.1, 0.15) is 26.7 Å². The zero-order valence-electron chi connectivity index (χ0n) is 14.2. The Kier molecular flexibility index (Phi) is 4.13. The molecule has 1 aliphatic rings. The van der Waals surface area contributed by atoms with E-state index < -0.39 is 5.54 Å². The van der Waals surface area contributed by atoms with Gasteiger partial charge in [-0.05, 0) is 13.3 Å². The molecule has 6 heteroatoms. The summed E-state index contributed by atoms with van der Waals surface area (Å²) in [6, 6.07) is 11.6. The zero-order chi connectivity index (χ0) is 17.3. The molecule has 24 heavy (non-hydrogen) atoms. The van der Waals surface area contributed by atoms with Gasteiger partial charge in [-0.1, -0.05) is 37.3 Å². The van der Waals surface area contributed by atoms with Crippen LogP contribution in [-0.4, -0.2) is 38.6 Å². The van der Waals surface area contributed by atoms with E-state index in [9.17, 15) is 9.59 Å². The first-order valence-electron chi connectivity index (χ1n) is 8.17. The largest absolute Gasteiger partial charge is 0.328 e. The van der Waals surface area contributed by atoms with E-state index in [1.807, 2.05) is 50.2 Å². The van der Waals surface area contributed by atoms with Crippen LogP contribution >= 0.6 is 0 Å². The van der Waals surface area contributed by atoms with Crippen molar-refractivity contribution in [1.29, 1.82) is 0 Å². The van der Waals surface area contributed by atoms with Crippen molar-refractivity contribution >= 4 is 17.6 Å². The van der Waals surface area contributed by atoms with E-state index in [0.29, 0.717) is 25.2 Å². The second-order valence-electron chi connectivity index (χ2n) is 6.28. The van der Waals surface area contributed by atoms with Crippen LogP contribution in [-0.2, 0) is 16.6 Å². The van der Waals surface area contributed by atoms with Crippen molar-refractivity contribution in [3.63, 3.8) is 0 Å². The molecule has 6 nitrogen and oxygen atoms in total. The zero-order valence-corrected chi connectivity index (χ0v) is 14.2. The van der Waals surface area contributed by atoms with Crippen molar-refractivity contribution in [3.05, 3.63) is 36.4 Å². The summed E-state index contributed by atoms with van der Waals surface area (Å²) in [5.41, 5.74) is 1.02. The van der Waals surface area contributed by atoms with Crippen molar-refractivity contribution in [2.75, 3.05) is 11.9 Å². The summed E-state index contributed by atoms with van der Waals surface area (Å²) >= 11 is 0. The molecule has 0 bridgehead atoms. The van der Waals surface area contributed by atoms with Gasteiger partial charge in [0.05, 0.1) is 5.69 Å². The molecule has 1 fully saturated rings. The number of hydrogen-bond acceptors (Lipinski definition) is 3. The minimum Gasteiger partial charge on any atom is -0.328 e. The number of carbonyl (C=O) groups is 2. The number of aryl methyl sites for hydroxylation is 1. The molecule has 2 amide bonds. The van der Waals surface area contributed by atoms with Crippen LogP contribution in [0.15, 0.2) is 36.4 Å². The number of nitrogens with one attached hydrogen (secondary N) is 1. The fourth-order valence-electron chi connectivity index (χ4n) is 2.97. The summed E-state index contributed by atoms with van der Waals surface area (Å²) in [6.45, 7) is 4.26. The third kappa shape index (κ3) is 2.68. The number of likely N-dealkylation sites (tertiary alicyclic amines) is 1. The third-order valence-electron chi connectivity index (χ3n) is 4.70. The summed E-state index contributed by atoms with van der Waals surface area (Å²) in [4.78, 5) is 26.3. The monoisotopic (exact) mass is 326 g/mol. The highest BCUT2D eigenvalue weighted by Gasteiger charge is 2.49. The molecule has 1 N–H and O–H groups in total. The van der Waals surface area contributed by atoms with Crippen LogP contribution in [0.5, 0.6) is 0 Å². The normalized spacial score (nSPS) is 19.7. The maximum absolute atomic E-state index is 12.7. The van der Waals surface area contributed by atoms with Gasteiger partial charge in [0.25, 0.3) is 5.91 Å². The molecule has 1 saturated heterocycles. The van der Waals surface area contributed by atoms with E-state index in [1.54, 1.807) is 16.6 Å². The summed E-state index contributed by atoms with van der Waals surface area (Å²) < 4.78 is 1.65. The molecule has 1 aromatic carbocycles. The van der Waals surface area contributed by atoms with Gasteiger partial charge in [-0.15, -0.1) is 0 Å². The molecule has 2 heterocycles. The van der Waals surface area contributed by atoms with Crippen LogP contribution in [0.25, 0.3) is 11.3 Å². The summed E-state index contributed by atoms with van der Waals surface area (Å²) in [5, 5.41) is 7.37. The van der Waals surface area contributed by atoms with Gasteiger partial charge in [-0.2, -0.15) is 5.10 Å². The Labute approximate surface area is 141 Å². The minimum atomic E-state index is -0.774. The lowest BCUT2D eigenvalue weighted by molar-refractivity contribution is -0.154. The Morgan fingerprint density at radius 2 is 2.00 bits per heavy atom. The summed E-state index contributed by atoms with van der Waals surface area (Å²) in [6.07, 6.45) is 1.08. The molecule has 0 spiro atoms. The molecule has 0 radical (unpaired) electrons. The molecule has 1 aliphatic heterocycles. The van der Waals surface area contributed by atoms with Gasteiger partial charge in [0.1, 0.15) is 11.4 Å². The van der Waals surface area contributed by atoms with Gasteiger partial charge < -0.3 is 10.2 Å². The maximum Gasteiger partial charge on any atom is 0.251 e. The SMILES string of the molecule is CCC(=O)N1CCC1(C)C(=O)Nc1cc(-c2ccccc2)nn1C. The van der Waals surface area contributed by atoms with Crippen molar-refractivity contribution in [2.45, 2.75) is 32.2 Å². The molecule has 0 saturated carbocycles. The average Bonchev–Trinajstić information content (AvgIpc) is 2.94.